The molecule has 118 valence electrons. The minimum absolute atomic E-state index is 0.0472. The fraction of sp³-hybridized carbons (Fsp3) is 0.400. The minimum atomic E-state index is -0.236. The van der Waals surface area contributed by atoms with E-state index in [-0.39, 0.29) is 17.8 Å². The Bertz CT molecular complexity index is 628. The predicted molar refractivity (Wildman–Crippen MR) is 84.8 cm³/mol. The zero-order chi connectivity index (χ0) is 16.3. The third-order valence-electron chi connectivity index (χ3n) is 3.44. The maximum absolute atomic E-state index is 13.0. The van der Waals surface area contributed by atoms with Crippen molar-refractivity contribution in [3.63, 3.8) is 0 Å². The van der Waals surface area contributed by atoms with Crippen molar-refractivity contribution in [3.8, 4) is 0 Å². The van der Waals surface area contributed by atoms with Crippen LogP contribution in [0.4, 0.5) is 16.3 Å². The molecule has 0 aliphatic rings. The van der Waals surface area contributed by atoms with Gasteiger partial charge in [0.15, 0.2) is 5.82 Å². The first-order chi connectivity index (χ1) is 10.4. The number of halogens is 1. The largest absolute Gasteiger partial charge is 0.368 e. The van der Waals surface area contributed by atoms with Crippen LogP contribution in [0.3, 0.4) is 0 Å². The van der Waals surface area contributed by atoms with E-state index in [4.69, 9.17) is 5.73 Å². The monoisotopic (exact) mass is 304 g/mol. The van der Waals surface area contributed by atoms with Crippen molar-refractivity contribution in [3.05, 3.63) is 41.5 Å². The molecule has 0 saturated heterocycles. The Balaban J connectivity index is 2.16. The maximum atomic E-state index is 13.0. The number of hydrogen-bond acceptors (Lipinski definition) is 6. The van der Waals surface area contributed by atoms with E-state index in [1.165, 1.54) is 12.1 Å². The van der Waals surface area contributed by atoms with Gasteiger partial charge in [-0.15, -0.1) is 0 Å². The molecule has 1 aromatic carbocycles. The van der Waals surface area contributed by atoms with Gasteiger partial charge in [0, 0.05) is 20.6 Å². The van der Waals surface area contributed by atoms with Crippen LogP contribution in [0.5, 0.6) is 0 Å². The summed E-state index contributed by atoms with van der Waals surface area (Å²) in [6.45, 7) is 2.65. The Morgan fingerprint density at radius 3 is 2.32 bits per heavy atom. The molecule has 1 aromatic heterocycles. The van der Waals surface area contributed by atoms with E-state index in [9.17, 15) is 4.39 Å². The molecule has 1 atom stereocenters. The normalized spacial score (nSPS) is 12.5. The lowest BCUT2D eigenvalue weighted by molar-refractivity contribution is 0.243. The van der Waals surface area contributed by atoms with E-state index in [0.717, 1.165) is 5.56 Å². The summed E-state index contributed by atoms with van der Waals surface area (Å²) in [6.07, 6.45) is 0. The number of anilines is 2. The molecule has 2 N–H and O–H groups in total. The Kier molecular flexibility index (Phi) is 4.87. The highest BCUT2D eigenvalue weighted by atomic mass is 19.1. The van der Waals surface area contributed by atoms with E-state index in [1.54, 1.807) is 17.0 Å². The van der Waals surface area contributed by atoms with Gasteiger partial charge >= 0.3 is 0 Å². The highest BCUT2D eigenvalue weighted by Crippen LogP contribution is 2.19. The molecular weight excluding hydrogens is 283 g/mol. The summed E-state index contributed by atoms with van der Waals surface area (Å²) >= 11 is 0. The van der Waals surface area contributed by atoms with Crippen molar-refractivity contribution < 1.29 is 4.39 Å². The first-order valence-electron chi connectivity index (χ1n) is 7.00. The molecule has 6 nitrogen and oxygen atoms in total. The van der Waals surface area contributed by atoms with Crippen molar-refractivity contribution in [2.75, 3.05) is 31.8 Å². The van der Waals surface area contributed by atoms with Crippen LogP contribution in [0.15, 0.2) is 24.3 Å². The molecule has 1 heterocycles. The number of aromatic nitrogens is 3. The number of rotatable bonds is 5. The molecule has 0 amide bonds. The number of nitrogen functional groups attached to an aromatic ring is 1. The summed E-state index contributed by atoms with van der Waals surface area (Å²) in [6, 6.07) is 6.41. The maximum Gasteiger partial charge on any atom is 0.229 e. The van der Waals surface area contributed by atoms with Crippen molar-refractivity contribution in [2.45, 2.75) is 19.5 Å². The molecule has 0 aliphatic carbocycles. The molecule has 0 unspecified atom stereocenters. The van der Waals surface area contributed by atoms with Gasteiger partial charge in [-0.25, -0.2) is 4.39 Å². The molecule has 2 rings (SSSR count). The topological polar surface area (TPSA) is 71.2 Å². The zero-order valence-electron chi connectivity index (χ0n) is 13.3. The summed E-state index contributed by atoms with van der Waals surface area (Å²) in [5, 5.41) is 0. The van der Waals surface area contributed by atoms with Gasteiger partial charge in [0.2, 0.25) is 11.9 Å². The second-order valence-corrected chi connectivity index (χ2v) is 5.46. The second kappa shape index (κ2) is 6.65. The summed E-state index contributed by atoms with van der Waals surface area (Å²) in [5.41, 5.74) is 6.77. The Labute approximate surface area is 129 Å². The van der Waals surface area contributed by atoms with Crippen LogP contribution >= 0.6 is 0 Å². The Hall–Kier alpha value is -2.28. The van der Waals surface area contributed by atoms with E-state index < -0.39 is 0 Å². The molecule has 0 radical (unpaired) electrons. The van der Waals surface area contributed by atoms with Crippen molar-refractivity contribution >= 4 is 11.9 Å². The Morgan fingerprint density at radius 2 is 1.73 bits per heavy atom. The summed E-state index contributed by atoms with van der Waals surface area (Å²) < 4.78 is 13.0. The standard InChI is InChI=1S/C15H21FN6/c1-10(13-18-14(17)20-15(19-13)21(2)3)22(4)9-11-5-7-12(16)8-6-11/h5-8,10H,9H2,1-4H3,(H2,17,18,19,20)/t10-/m0/s1. The van der Waals surface area contributed by atoms with Gasteiger partial charge in [-0.1, -0.05) is 12.1 Å². The number of nitrogens with two attached hydrogens (primary N) is 1. The average Bonchev–Trinajstić information content (AvgIpc) is 2.48. The SMILES string of the molecule is C[C@@H](c1nc(N)nc(N(C)C)n1)N(C)Cc1ccc(F)cc1. The molecule has 0 fully saturated rings. The first-order valence-corrected chi connectivity index (χ1v) is 7.00. The Morgan fingerprint density at radius 1 is 1.09 bits per heavy atom. The minimum Gasteiger partial charge on any atom is -0.368 e. The first kappa shape index (κ1) is 16.1. The molecule has 0 aliphatic heterocycles. The molecule has 0 spiro atoms. The number of hydrogen-bond donors (Lipinski definition) is 1. The van der Waals surface area contributed by atoms with Gasteiger partial charge in [0.25, 0.3) is 0 Å². The van der Waals surface area contributed by atoms with Gasteiger partial charge in [-0.05, 0) is 31.7 Å². The van der Waals surface area contributed by atoms with Crippen LogP contribution in [-0.2, 0) is 6.54 Å². The van der Waals surface area contributed by atoms with Crippen LogP contribution in [0.25, 0.3) is 0 Å². The van der Waals surface area contributed by atoms with Crippen molar-refractivity contribution in [1.29, 1.82) is 0 Å². The van der Waals surface area contributed by atoms with Crippen LogP contribution < -0.4 is 10.6 Å². The zero-order valence-corrected chi connectivity index (χ0v) is 13.3. The molecule has 0 bridgehead atoms. The second-order valence-electron chi connectivity index (χ2n) is 5.46. The predicted octanol–water partition coefficient (Wildman–Crippen LogP) is 1.85. The average molecular weight is 304 g/mol. The van der Waals surface area contributed by atoms with Crippen LogP contribution in [0.1, 0.15) is 24.4 Å². The molecular formula is C15H21FN6. The lowest BCUT2D eigenvalue weighted by Crippen LogP contribution is -2.25. The van der Waals surface area contributed by atoms with Crippen molar-refractivity contribution in [1.82, 2.24) is 19.9 Å². The highest BCUT2D eigenvalue weighted by molar-refractivity contribution is 5.33. The van der Waals surface area contributed by atoms with Gasteiger partial charge < -0.3 is 10.6 Å². The third kappa shape index (κ3) is 3.88. The fourth-order valence-electron chi connectivity index (χ4n) is 2.00. The van der Waals surface area contributed by atoms with E-state index in [2.05, 4.69) is 19.9 Å². The molecule has 0 saturated carbocycles. The summed E-state index contributed by atoms with van der Waals surface area (Å²) in [7, 11) is 5.67. The third-order valence-corrected chi connectivity index (χ3v) is 3.44. The van der Waals surface area contributed by atoms with Crippen LogP contribution in [0, 0.1) is 5.82 Å². The molecule has 7 heteroatoms. The number of benzene rings is 1. The van der Waals surface area contributed by atoms with E-state index in [1.807, 2.05) is 28.1 Å². The van der Waals surface area contributed by atoms with Crippen molar-refractivity contribution in [2.24, 2.45) is 0 Å². The van der Waals surface area contributed by atoms with Crippen LogP contribution in [-0.4, -0.2) is 41.0 Å². The van der Waals surface area contributed by atoms with Gasteiger partial charge in [-0.2, -0.15) is 15.0 Å². The smallest absolute Gasteiger partial charge is 0.229 e. The molecule has 22 heavy (non-hydrogen) atoms. The summed E-state index contributed by atoms with van der Waals surface area (Å²) in [4.78, 5) is 16.6. The lowest BCUT2D eigenvalue weighted by Gasteiger charge is -2.24. The highest BCUT2D eigenvalue weighted by Gasteiger charge is 2.17. The summed E-state index contributed by atoms with van der Waals surface area (Å²) in [5.74, 6) is 1.11. The van der Waals surface area contributed by atoms with E-state index >= 15 is 0 Å². The van der Waals surface area contributed by atoms with Gasteiger partial charge in [0.1, 0.15) is 5.82 Å². The fourth-order valence-corrected chi connectivity index (χ4v) is 2.00. The van der Waals surface area contributed by atoms with Gasteiger partial charge in [-0.3, -0.25) is 4.90 Å². The number of nitrogens with zero attached hydrogens (tertiary/aromatic N) is 5. The van der Waals surface area contributed by atoms with Gasteiger partial charge in [0.05, 0.1) is 6.04 Å². The van der Waals surface area contributed by atoms with E-state index in [0.29, 0.717) is 18.3 Å². The van der Waals surface area contributed by atoms with Crippen LogP contribution in [0.2, 0.25) is 0 Å². The quantitative estimate of drug-likeness (QED) is 0.909. The lowest BCUT2D eigenvalue weighted by atomic mass is 10.2. The molecule has 2 aromatic rings.